The topological polar surface area (TPSA) is 62.2 Å². The normalized spacial score (nSPS) is 12.2. The number of aliphatic hydroxyl groups is 1. The number of pyridine rings is 1. The van der Waals surface area contributed by atoms with E-state index in [0.717, 1.165) is 15.8 Å². The number of carbonyl (C=O) groups is 1. The first-order chi connectivity index (χ1) is 11.3. The zero-order valence-corrected chi connectivity index (χ0v) is 13.4. The van der Waals surface area contributed by atoms with Gasteiger partial charge in [-0.05, 0) is 36.1 Å². The Balaban J connectivity index is 1.60. The molecule has 0 spiro atoms. The van der Waals surface area contributed by atoms with Crippen LogP contribution in [0.15, 0.2) is 54.7 Å². The van der Waals surface area contributed by atoms with E-state index in [1.54, 1.807) is 6.20 Å². The van der Waals surface area contributed by atoms with E-state index in [-0.39, 0.29) is 18.4 Å². The van der Waals surface area contributed by atoms with Crippen LogP contribution in [0.3, 0.4) is 0 Å². The molecule has 5 heteroatoms. The molecule has 3 rings (SSSR count). The van der Waals surface area contributed by atoms with Crippen molar-refractivity contribution in [3.8, 4) is 0 Å². The summed E-state index contributed by atoms with van der Waals surface area (Å²) in [5, 5.41) is 13.5. The minimum absolute atomic E-state index is 0.0171. The molecule has 1 atom stereocenters. The summed E-state index contributed by atoms with van der Waals surface area (Å²) >= 11 is 1.48. The number of hydrogen-bond acceptors (Lipinski definition) is 4. The Morgan fingerprint density at radius 2 is 2.04 bits per heavy atom. The van der Waals surface area contributed by atoms with E-state index in [1.165, 1.54) is 11.3 Å². The molecule has 2 N–H and O–H groups in total. The summed E-state index contributed by atoms with van der Waals surface area (Å²) in [7, 11) is 0. The predicted molar refractivity (Wildman–Crippen MR) is 92.7 cm³/mol. The van der Waals surface area contributed by atoms with Crippen molar-refractivity contribution in [2.24, 2.45) is 5.92 Å². The second-order valence-electron chi connectivity index (χ2n) is 5.43. The maximum atomic E-state index is 12.3. The monoisotopic (exact) mass is 326 g/mol. The van der Waals surface area contributed by atoms with Gasteiger partial charge in [-0.25, -0.2) is 0 Å². The molecule has 0 fully saturated rings. The smallest absolute Gasteiger partial charge is 0.261 e. The molecule has 1 aromatic carbocycles. The number of hydrogen-bond donors (Lipinski definition) is 2. The number of nitrogens with one attached hydrogen (secondary N) is 1. The van der Waals surface area contributed by atoms with Crippen molar-refractivity contribution in [3.63, 3.8) is 0 Å². The molecule has 3 aromatic rings. The van der Waals surface area contributed by atoms with E-state index in [9.17, 15) is 9.90 Å². The van der Waals surface area contributed by atoms with Crippen LogP contribution < -0.4 is 5.32 Å². The summed E-state index contributed by atoms with van der Waals surface area (Å²) in [5.74, 6) is -0.131. The number of nitrogens with zero attached hydrogens (tertiary/aromatic N) is 1. The van der Waals surface area contributed by atoms with Crippen LogP contribution in [0.4, 0.5) is 0 Å². The van der Waals surface area contributed by atoms with Gasteiger partial charge in [0.15, 0.2) is 0 Å². The van der Waals surface area contributed by atoms with Gasteiger partial charge in [-0.3, -0.25) is 9.78 Å². The molecular weight excluding hydrogens is 308 g/mol. The quantitative estimate of drug-likeness (QED) is 0.732. The summed E-state index contributed by atoms with van der Waals surface area (Å²) in [6.07, 6.45) is 2.38. The van der Waals surface area contributed by atoms with Crippen LogP contribution in [0.1, 0.15) is 15.4 Å². The number of fused-ring (bicyclic) bond motifs is 1. The fourth-order valence-electron chi connectivity index (χ4n) is 2.43. The molecule has 0 radical (unpaired) electrons. The Labute approximate surface area is 138 Å². The van der Waals surface area contributed by atoms with E-state index < -0.39 is 0 Å². The Morgan fingerprint density at radius 3 is 2.78 bits per heavy atom. The summed E-state index contributed by atoms with van der Waals surface area (Å²) in [4.78, 5) is 17.2. The van der Waals surface area contributed by atoms with Gasteiger partial charge in [0.1, 0.15) is 0 Å². The van der Waals surface area contributed by atoms with E-state index in [2.05, 4.69) is 10.3 Å². The predicted octanol–water partition coefficient (Wildman–Crippen LogP) is 2.88. The fraction of sp³-hybridized carbons (Fsp3) is 0.222. The van der Waals surface area contributed by atoms with Gasteiger partial charge in [0, 0.05) is 35.7 Å². The van der Waals surface area contributed by atoms with Gasteiger partial charge in [0.2, 0.25) is 0 Å². The molecule has 0 aliphatic carbocycles. The highest BCUT2D eigenvalue weighted by atomic mass is 32.1. The minimum Gasteiger partial charge on any atom is -0.396 e. The van der Waals surface area contributed by atoms with Crippen LogP contribution in [0, 0.1) is 5.92 Å². The molecule has 0 aliphatic heterocycles. The molecule has 2 aromatic heterocycles. The van der Waals surface area contributed by atoms with Crippen LogP contribution in [-0.4, -0.2) is 29.1 Å². The van der Waals surface area contributed by atoms with Crippen molar-refractivity contribution < 1.29 is 9.90 Å². The van der Waals surface area contributed by atoms with E-state index in [4.69, 9.17) is 0 Å². The molecule has 4 nitrogen and oxygen atoms in total. The lowest BCUT2D eigenvalue weighted by Crippen LogP contribution is -2.31. The van der Waals surface area contributed by atoms with E-state index in [1.807, 2.05) is 48.5 Å². The van der Waals surface area contributed by atoms with Crippen LogP contribution >= 0.6 is 11.3 Å². The lowest BCUT2D eigenvalue weighted by atomic mass is 10.0. The van der Waals surface area contributed by atoms with Crippen LogP contribution in [0.25, 0.3) is 10.1 Å². The van der Waals surface area contributed by atoms with E-state index >= 15 is 0 Å². The first-order valence-electron chi connectivity index (χ1n) is 7.54. The molecule has 0 saturated heterocycles. The van der Waals surface area contributed by atoms with Crippen molar-refractivity contribution in [2.45, 2.75) is 6.42 Å². The second kappa shape index (κ2) is 7.35. The average Bonchev–Trinajstić information content (AvgIpc) is 3.03. The number of benzene rings is 1. The molecule has 2 heterocycles. The lowest BCUT2D eigenvalue weighted by molar-refractivity contribution is 0.0944. The summed E-state index contributed by atoms with van der Waals surface area (Å²) in [6.45, 7) is 0.448. The fourth-order valence-corrected chi connectivity index (χ4v) is 3.41. The number of amides is 1. The third-order valence-electron chi connectivity index (χ3n) is 3.68. The van der Waals surface area contributed by atoms with Gasteiger partial charge in [0.05, 0.1) is 4.88 Å². The van der Waals surface area contributed by atoms with Gasteiger partial charge in [-0.15, -0.1) is 11.3 Å². The van der Waals surface area contributed by atoms with Gasteiger partial charge in [-0.2, -0.15) is 0 Å². The maximum Gasteiger partial charge on any atom is 0.261 e. The summed E-state index contributed by atoms with van der Waals surface area (Å²) in [6, 6.07) is 15.6. The van der Waals surface area contributed by atoms with Gasteiger partial charge >= 0.3 is 0 Å². The van der Waals surface area contributed by atoms with Crippen LogP contribution in [0.5, 0.6) is 0 Å². The highest BCUT2D eigenvalue weighted by molar-refractivity contribution is 7.20. The number of aliphatic hydroxyl groups excluding tert-OH is 1. The molecule has 0 bridgehead atoms. The molecule has 23 heavy (non-hydrogen) atoms. The molecule has 1 amide bonds. The number of carbonyl (C=O) groups excluding carboxylic acids is 1. The molecule has 0 saturated carbocycles. The zero-order chi connectivity index (χ0) is 16.1. The number of aromatic nitrogens is 1. The first kappa shape index (κ1) is 15.6. The molecule has 1 unspecified atom stereocenters. The SMILES string of the molecule is O=C(NCC(CO)Cc1ccccn1)c1cc2ccccc2s1. The Kier molecular flexibility index (Phi) is 5.00. The maximum absolute atomic E-state index is 12.3. The average molecular weight is 326 g/mol. The Bertz CT molecular complexity index is 753. The van der Waals surface area contributed by atoms with Gasteiger partial charge < -0.3 is 10.4 Å². The van der Waals surface area contributed by atoms with Crippen molar-refractivity contribution >= 4 is 27.3 Å². The molecule has 0 aliphatic rings. The highest BCUT2D eigenvalue weighted by Crippen LogP contribution is 2.25. The number of rotatable bonds is 6. The molecular formula is C18H18N2O2S. The van der Waals surface area contributed by atoms with Crippen molar-refractivity contribution in [1.82, 2.24) is 10.3 Å². The highest BCUT2D eigenvalue weighted by Gasteiger charge is 2.14. The number of thiophene rings is 1. The van der Waals surface area contributed by atoms with Crippen molar-refractivity contribution in [2.75, 3.05) is 13.2 Å². The van der Waals surface area contributed by atoms with E-state index in [0.29, 0.717) is 17.8 Å². The summed E-state index contributed by atoms with van der Waals surface area (Å²) in [5.41, 5.74) is 0.919. The zero-order valence-electron chi connectivity index (χ0n) is 12.6. The van der Waals surface area contributed by atoms with Crippen molar-refractivity contribution in [1.29, 1.82) is 0 Å². The summed E-state index contributed by atoms with van der Waals surface area (Å²) < 4.78 is 1.10. The van der Waals surface area contributed by atoms with Gasteiger partial charge in [0.25, 0.3) is 5.91 Å². The minimum atomic E-state index is -0.0920. The lowest BCUT2D eigenvalue weighted by Gasteiger charge is -2.14. The van der Waals surface area contributed by atoms with Crippen LogP contribution in [0.2, 0.25) is 0 Å². The Hall–Kier alpha value is -2.24. The van der Waals surface area contributed by atoms with Crippen LogP contribution in [-0.2, 0) is 6.42 Å². The second-order valence-corrected chi connectivity index (χ2v) is 6.52. The third kappa shape index (κ3) is 3.94. The van der Waals surface area contributed by atoms with Crippen molar-refractivity contribution in [3.05, 3.63) is 65.3 Å². The Morgan fingerprint density at radius 1 is 1.22 bits per heavy atom. The standard InChI is InChI=1S/C18H18N2O2S/c21-12-13(9-15-6-3-4-8-19-15)11-20-18(22)17-10-14-5-1-2-7-16(14)23-17/h1-8,10,13,21H,9,11-12H2,(H,20,22). The largest absolute Gasteiger partial charge is 0.396 e. The first-order valence-corrected chi connectivity index (χ1v) is 8.35. The molecule has 118 valence electrons. The van der Waals surface area contributed by atoms with Gasteiger partial charge in [-0.1, -0.05) is 24.3 Å². The third-order valence-corrected chi connectivity index (χ3v) is 4.80.